The highest BCUT2D eigenvalue weighted by molar-refractivity contribution is 6.09. The Morgan fingerprint density at radius 1 is 1.08 bits per heavy atom. The number of furan rings is 1. The summed E-state index contributed by atoms with van der Waals surface area (Å²) in [6.45, 7) is 3.05. The number of amides is 5. The van der Waals surface area contributed by atoms with E-state index in [-0.39, 0.29) is 24.4 Å². The van der Waals surface area contributed by atoms with Gasteiger partial charge in [0.15, 0.2) is 0 Å². The van der Waals surface area contributed by atoms with Crippen molar-refractivity contribution in [3.8, 4) is 0 Å². The predicted molar refractivity (Wildman–Crippen MR) is 128 cm³/mol. The van der Waals surface area contributed by atoms with E-state index in [0.717, 1.165) is 15.7 Å². The SMILES string of the molecule is CCOC(=O)C1=C(CN2C(=O)NC(C)(c3cccc4ccccc34)C2=O)NC(=O)NC1c1ccco1. The molecule has 3 aromatic rings. The van der Waals surface area contributed by atoms with E-state index in [2.05, 4.69) is 16.0 Å². The second kappa shape index (κ2) is 8.88. The quantitative estimate of drug-likeness (QED) is 0.361. The lowest BCUT2D eigenvalue weighted by Crippen LogP contribution is -2.49. The summed E-state index contributed by atoms with van der Waals surface area (Å²) in [6, 6.07) is 14.2. The maximum atomic E-state index is 13.7. The monoisotopic (exact) mass is 488 g/mol. The van der Waals surface area contributed by atoms with E-state index in [4.69, 9.17) is 9.15 Å². The average Bonchev–Trinajstić information content (AvgIpc) is 3.47. The lowest BCUT2D eigenvalue weighted by Gasteiger charge is -2.29. The molecule has 1 fully saturated rings. The first-order valence-corrected chi connectivity index (χ1v) is 11.5. The van der Waals surface area contributed by atoms with Crippen molar-refractivity contribution >= 4 is 34.7 Å². The molecule has 1 saturated heterocycles. The van der Waals surface area contributed by atoms with Crippen LogP contribution in [0.4, 0.5) is 9.59 Å². The molecule has 2 atom stereocenters. The van der Waals surface area contributed by atoms with E-state index in [1.165, 1.54) is 6.26 Å². The minimum Gasteiger partial charge on any atom is -0.467 e. The van der Waals surface area contributed by atoms with Crippen LogP contribution in [0.2, 0.25) is 0 Å². The molecule has 2 aromatic carbocycles. The van der Waals surface area contributed by atoms with Gasteiger partial charge in [-0.15, -0.1) is 0 Å². The van der Waals surface area contributed by atoms with Gasteiger partial charge in [0.2, 0.25) is 0 Å². The Labute approximate surface area is 206 Å². The van der Waals surface area contributed by atoms with Gasteiger partial charge in [-0.2, -0.15) is 0 Å². The minimum absolute atomic E-state index is 0.0470. The first-order chi connectivity index (χ1) is 17.3. The van der Waals surface area contributed by atoms with Gasteiger partial charge < -0.3 is 25.1 Å². The molecular formula is C26H24N4O6. The first kappa shape index (κ1) is 23.2. The van der Waals surface area contributed by atoms with Gasteiger partial charge in [0.05, 0.1) is 30.7 Å². The molecule has 0 radical (unpaired) electrons. The highest BCUT2D eigenvalue weighted by atomic mass is 16.5. The molecule has 5 rings (SSSR count). The Balaban J connectivity index is 1.54. The van der Waals surface area contributed by atoms with Crippen molar-refractivity contribution in [2.24, 2.45) is 0 Å². The summed E-state index contributed by atoms with van der Waals surface area (Å²) in [5.74, 6) is -0.907. The molecule has 0 aliphatic carbocycles. The molecule has 3 heterocycles. The smallest absolute Gasteiger partial charge is 0.338 e. The van der Waals surface area contributed by atoms with Crippen LogP contribution in [-0.4, -0.2) is 42.0 Å². The number of carbonyl (C=O) groups is 4. The molecule has 0 spiro atoms. The Morgan fingerprint density at radius 3 is 2.61 bits per heavy atom. The molecule has 184 valence electrons. The number of esters is 1. The van der Waals surface area contributed by atoms with Crippen LogP contribution in [0.5, 0.6) is 0 Å². The Hall–Kier alpha value is -4.60. The van der Waals surface area contributed by atoms with Crippen molar-refractivity contribution in [1.82, 2.24) is 20.9 Å². The summed E-state index contributed by atoms with van der Waals surface area (Å²) in [6.07, 6.45) is 1.42. The van der Waals surface area contributed by atoms with Crippen LogP contribution in [0.1, 0.15) is 31.2 Å². The molecule has 10 heteroatoms. The van der Waals surface area contributed by atoms with Crippen LogP contribution in [0.25, 0.3) is 10.8 Å². The third-order valence-corrected chi connectivity index (χ3v) is 6.40. The van der Waals surface area contributed by atoms with Gasteiger partial charge in [0, 0.05) is 0 Å². The van der Waals surface area contributed by atoms with E-state index >= 15 is 0 Å². The number of nitrogens with one attached hydrogen (secondary N) is 3. The Bertz CT molecular complexity index is 1410. The summed E-state index contributed by atoms with van der Waals surface area (Å²) in [5.41, 5.74) is -0.584. The fourth-order valence-electron chi connectivity index (χ4n) is 4.70. The van der Waals surface area contributed by atoms with Gasteiger partial charge in [0.1, 0.15) is 17.3 Å². The minimum atomic E-state index is -1.35. The van der Waals surface area contributed by atoms with Crippen molar-refractivity contribution in [3.05, 3.63) is 83.5 Å². The fourth-order valence-corrected chi connectivity index (χ4v) is 4.70. The molecule has 2 unspecified atom stereocenters. The predicted octanol–water partition coefficient (Wildman–Crippen LogP) is 3.07. The van der Waals surface area contributed by atoms with Crippen LogP contribution in [-0.2, 0) is 19.9 Å². The Morgan fingerprint density at radius 2 is 1.86 bits per heavy atom. The van der Waals surface area contributed by atoms with E-state index in [1.807, 2.05) is 36.4 Å². The zero-order chi connectivity index (χ0) is 25.4. The summed E-state index contributed by atoms with van der Waals surface area (Å²) in [7, 11) is 0. The van der Waals surface area contributed by atoms with Gasteiger partial charge in [-0.25, -0.2) is 14.4 Å². The second-order valence-corrected chi connectivity index (χ2v) is 8.63. The molecule has 5 amide bonds. The highest BCUT2D eigenvalue weighted by Crippen LogP contribution is 2.35. The number of fused-ring (bicyclic) bond motifs is 1. The first-order valence-electron chi connectivity index (χ1n) is 11.5. The zero-order valence-electron chi connectivity index (χ0n) is 19.7. The highest BCUT2D eigenvalue weighted by Gasteiger charge is 2.50. The Kier molecular flexibility index (Phi) is 5.71. The third-order valence-electron chi connectivity index (χ3n) is 6.40. The van der Waals surface area contributed by atoms with E-state index in [9.17, 15) is 19.2 Å². The van der Waals surface area contributed by atoms with E-state index < -0.39 is 35.5 Å². The maximum absolute atomic E-state index is 13.7. The van der Waals surface area contributed by atoms with Gasteiger partial charge in [0.25, 0.3) is 5.91 Å². The van der Waals surface area contributed by atoms with E-state index in [0.29, 0.717) is 11.3 Å². The summed E-state index contributed by atoms with van der Waals surface area (Å²) < 4.78 is 10.6. The molecule has 1 aromatic heterocycles. The molecule has 10 nitrogen and oxygen atoms in total. The lowest BCUT2D eigenvalue weighted by molar-refractivity contribution is -0.139. The van der Waals surface area contributed by atoms with Gasteiger partial charge in [-0.05, 0) is 42.3 Å². The van der Waals surface area contributed by atoms with Crippen LogP contribution in [0.3, 0.4) is 0 Å². The molecule has 2 aliphatic heterocycles. The molecule has 0 bridgehead atoms. The van der Waals surface area contributed by atoms with Crippen LogP contribution < -0.4 is 16.0 Å². The number of ether oxygens (including phenoxy) is 1. The zero-order valence-corrected chi connectivity index (χ0v) is 19.7. The molecule has 3 N–H and O–H groups in total. The fraction of sp³-hybridized carbons (Fsp3) is 0.231. The lowest BCUT2D eigenvalue weighted by atomic mass is 9.87. The third kappa shape index (κ3) is 3.76. The van der Waals surface area contributed by atoms with E-state index in [1.54, 1.807) is 32.0 Å². The van der Waals surface area contributed by atoms with Crippen LogP contribution >= 0.6 is 0 Å². The summed E-state index contributed by atoms with van der Waals surface area (Å²) >= 11 is 0. The second-order valence-electron chi connectivity index (χ2n) is 8.63. The van der Waals surface area contributed by atoms with Crippen LogP contribution in [0, 0.1) is 0 Å². The van der Waals surface area contributed by atoms with Crippen molar-refractivity contribution in [2.45, 2.75) is 25.4 Å². The molecule has 0 saturated carbocycles. The van der Waals surface area contributed by atoms with Gasteiger partial charge >= 0.3 is 18.0 Å². The summed E-state index contributed by atoms with van der Waals surface area (Å²) in [4.78, 5) is 53.2. The number of imide groups is 1. The molecule has 2 aliphatic rings. The standard InChI is InChI=1S/C26H24N4O6/c1-3-35-22(31)20-18(27-24(33)28-21(20)19-12-7-13-36-19)14-30-23(32)26(2,29-25(30)34)17-11-6-9-15-8-4-5-10-16(15)17/h4-13,21H,3,14H2,1-2H3,(H,29,34)(H2,27,28,33). The van der Waals surface area contributed by atoms with Crippen molar-refractivity contribution < 1.29 is 28.3 Å². The largest absolute Gasteiger partial charge is 0.467 e. The number of rotatable bonds is 6. The number of hydrogen-bond acceptors (Lipinski definition) is 6. The topological polar surface area (TPSA) is 130 Å². The van der Waals surface area contributed by atoms with Crippen molar-refractivity contribution in [2.75, 3.05) is 13.2 Å². The molecular weight excluding hydrogens is 464 g/mol. The average molecular weight is 489 g/mol. The van der Waals surface area contributed by atoms with Gasteiger partial charge in [-0.1, -0.05) is 42.5 Å². The number of hydrogen-bond donors (Lipinski definition) is 3. The van der Waals surface area contributed by atoms with Gasteiger partial charge in [-0.3, -0.25) is 9.69 Å². The summed E-state index contributed by atoms with van der Waals surface area (Å²) in [5, 5.41) is 9.77. The number of carbonyl (C=O) groups excluding carboxylic acids is 4. The normalized spacial score (nSPS) is 21.9. The number of nitrogens with zero attached hydrogens (tertiary/aromatic N) is 1. The van der Waals surface area contributed by atoms with Crippen molar-refractivity contribution in [3.63, 3.8) is 0 Å². The molecule has 36 heavy (non-hydrogen) atoms. The van der Waals surface area contributed by atoms with Crippen LogP contribution in [0.15, 0.2) is 76.5 Å². The number of urea groups is 2. The maximum Gasteiger partial charge on any atom is 0.338 e. The number of benzene rings is 2. The van der Waals surface area contributed by atoms with Crippen molar-refractivity contribution in [1.29, 1.82) is 0 Å².